The molecule has 1 N–H and O–H groups in total. The maximum absolute atomic E-state index is 12.8. The minimum absolute atomic E-state index is 0.0610. The molecule has 2 saturated heterocycles. The molecule has 0 aliphatic carbocycles. The van der Waals surface area contributed by atoms with Gasteiger partial charge in [0.15, 0.2) is 5.54 Å². The van der Waals surface area contributed by atoms with Crippen LogP contribution in [0.15, 0.2) is 21.9 Å². The molecule has 2 fully saturated rings. The Kier molecular flexibility index (Phi) is 4.91. The fourth-order valence-electron chi connectivity index (χ4n) is 5.36. The van der Waals surface area contributed by atoms with E-state index in [4.69, 9.17) is 9.47 Å². The van der Waals surface area contributed by atoms with Crippen molar-refractivity contribution in [2.75, 3.05) is 6.54 Å². The van der Waals surface area contributed by atoms with Gasteiger partial charge in [0.05, 0.1) is 24.4 Å². The van der Waals surface area contributed by atoms with Crippen molar-refractivity contribution in [3.63, 3.8) is 0 Å². The molecule has 0 radical (unpaired) electrons. The standard InChI is InChI=1S/C21H32N2O4/c1-13-6-4-8-14(2)17-18-15(21(19(24)27-18)10-11-22-23-21)12-16(26-17)20(3,25)9-5-7-13/h7,14-18,25H,4-6,8-12H2,1-3H3/b13-7+/t14-,15?,16+,17+,18?,20-,21?/m1/s1. The summed E-state index contributed by atoms with van der Waals surface area (Å²) in [6, 6.07) is 0. The SMILES string of the molecule is C/C1=C\CC[C@@](C)(O)[C@@H]2CC3C(OC(=O)C34CCN=N4)[C@@H](O2)[C@H](C)CCC1. The Hall–Kier alpha value is -1.27. The highest BCUT2D eigenvalue weighted by Crippen LogP contribution is 2.51. The average molecular weight is 376 g/mol. The molecule has 0 saturated carbocycles. The Bertz CT molecular complexity index is 659. The van der Waals surface area contributed by atoms with E-state index in [2.05, 4.69) is 30.2 Å². The molecule has 2 bridgehead atoms. The van der Waals surface area contributed by atoms with E-state index >= 15 is 0 Å². The van der Waals surface area contributed by atoms with Gasteiger partial charge in [0, 0.05) is 12.3 Å². The van der Waals surface area contributed by atoms with Crippen LogP contribution in [0.2, 0.25) is 0 Å². The number of rotatable bonds is 0. The van der Waals surface area contributed by atoms with Crippen LogP contribution in [-0.2, 0) is 14.3 Å². The fourth-order valence-corrected chi connectivity index (χ4v) is 5.36. The first-order valence-corrected chi connectivity index (χ1v) is 10.5. The van der Waals surface area contributed by atoms with Gasteiger partial charge >= 0.3 is 5.97 Å². The van der Waals surface area contributed by atoms with Crippen molar-refractivity contribution in [1.29, 1.82) is 0 Å². The molecule has 4 heterocycles. The first kappa shape index (κ1) is 19.1. The summed E-state index contributed by atoms with van der Waals surface area (Å²) in [5.74, 6) is -0.0552. The van der Waals surface area contributed by atoms with Crippen LogP contribution in [0.4, 0.5) is 0 Å². The molecule has 150 valence electrons. The smallest absolute Gasteiger partial charge is 0.336 e. The van der Waals surface area contributed by atoms with Gasteiger partial charge in [-0.2, -0.15) is 10.2 Å². The van der Waals surface area contributed by atoms with Crippen LogP contribution < -0.4 is 0 Å². The molecule has 27 heavy (non-hydrogen) atoms. The first-order chi connectivity index (χ1) is 12.8. The number of esters is 1. The number of nitrogens with zero attached hydrogens (tertiary/aromatic N) is 2. The second-order valence-corrected chi connectivity index (χ2v) is 9.26. The third-order valence-corrected chi connectivity index (χ3v) is 7.19. The summed E-state index contributed by atoms with van der Waals surface area (Å²) in [5.41, 5.74) is -0.407. The van der Waals surface area contributed by atoms with E-state index in [9.17, 15) is 9.90 Å². The van der Waals surface area contributed by atoms with Gasteiger partial charge in [0.2, 0.25) is 0 Å². The van der Waals surface area contributed by atoms with E-state index in [-0.39, 0.29) is 36.1 Å². The highest BCUT2D eigenvalue weighted by molar-refractivity contribution is 5.84. The van der Waals surface area contributed by atoms with Crippen molar-refractivity contribution >= 4 is 5.97 Å². The average Bonchev–Trinajstić information content (AvgIpc) is 3.20. The summed E-state index contributed by atoms with van der Waals surface area (Å²) in [4.78, 5) is 12.8. The molecule has 4 rings (SSSR count). The molecule has 0 aromatic rings. The van der Waals surface area contributed by atoms with Crippen LogP contribution in [0.1, 0.15) is 65.7 Å². The molecule has 0 amide bonds. The van der Waals surface area contributed by atoms with Crippen LogP contribution in [-0.4, -0.2) is 47.1 Å². The maximum Gasteiger partial charge on any atom is 0.336 e. The maximum atomic E-state index is 12.8. The predicted molar refractivity (Wildman–Crippen MR) is 100 cm³/mol. The number of carbonyl (C=O) groups is 1. The van der Waals surface area contributed by atoms with Crippen LogP contribution in [0.5, 0.6) is 0 Å². The van der Waals surface area contributed by atoms with E-state index in [1.165, 1.54) is 5.57 Å². The molecule has 6 nitrogen and oxygen atoms in total. The minimum atomic E-state index is -0.943. The summed E-state index contributed by atoms with van der Waals surface area (Å²) < 4.78 is 12.3. The number of azo groups is 1. The van der Waals surface area contributed by atoms with Gasteiger partial charge < -0.3 is 14.6 Å². The molecule has 1 spiro atoms. The molecule has 3 unspecified atom stereocenters. The summed E-state index contributed by atoms with van der Waals surface area (Å²) in [6.45, 7) is 6.80. The quantitative estimate of drug-likeness (QED) is 0.518. The zero-order valence-electron chi connectivity index (χ0n) is 16.7. The molecule has 6 heteroatoms. The third-order valence-electron chi connectivity index (χ3n) is 7.19. The zero-order chi connectivity index (χ0) is 19.2. The Morgan fingerprint density at radius 3 is 2.85 bits per heavy atom. The Labute approximate surface area is 161 Å². The van der Waals surface area contributed by atoms with Crippen molar-refractivity contribution < 1.29 is 19.4 Å². The minimum Gasteiger partial charge on any atom is -0.457 e. The summed E-state index contributed by atoms with van der Waals surface area (Å²) in [7, 11) is 0. The van der Waals surface area contributed by atoms with Gasteiger partial charge in [-0.1, -0.05) is 18.6 Å². The van der Waals surface area contributed by atoms with Crippen LogP contribution in [0.3, 0.4) is 0 Å². The molecule has 4 aliphatic rings. The highest BCUT2D eigenvalue weighted by Gasteiger charge is 2.65. The number of hydrogen-bond donors (Lipinski definition) is 1. The van der Waals surface area contributed by atoms with Gasteiger partial charge in [-0.25, -0.2) is 4.79 Å². The van der Waals surface area contributed by atoms with Crippen molar-refractivity contribution in [2.45, 2.75) is 95.2 Å². The Balaban J connectivity index is 1.68. The lowest BCUT2D eigenvalue weighted by Crippen LogP contribution is -2.57. The lowest BCUT2D eigenvalue weighted by molar-refractivity contribution is -0.210. The zero-order valence-corrected chi connectivity index (χ0v) is 16.7. The predicted octanol–water partition coefficient (Wildman–Crippen LogP) is 3.58. The van der Waals surface area contributed by atoms with Crippen LogP contribution in [0, 0.1) is 11.8 Å². The van der Waals surface area contributed by atoms with Gasteiger partial charge in [-0.15, -0.1) is 0 Å². The molecular weight excluding hydrogens is 344 g/mol. The van der Waals surface area contributed by atoms with E-state index in [0.717, 1.165) is 25.7 Å². The van der Waals surface area contributed by atoms with Gasteiger partial charge in [-0.05, 0) is 58.3 Å². The molecular formula is C21H32N2O4. The van der Waals surface area contributed by atoms with Gasteiger partial charge in [-0.3, -0.25) is 0 Å². The van der Waals surface area contributed by atoms with E-state index < -0.39 is 11.1 Å². The number of allylic oxidation sites excluding steroid dienone is 2. The molecule has 7 atom stereocenters. The number of hydrogen-bond acceptors (Lipinski definition) is 6. The second kappa shape index (κ2) is 6.96. The molecule has 4 aliphatic heterocycles. The largest absolute Gasteiger partial charge is 0.457 e. The summed E-state index contributed by atoms with van der Waals surface area (Å²) in [6.07, 6.45) is 7.33. The fraction of sp³-hybridized carbons (Fsp3) is 0.857. The van der Waals surface area contributed by atoms with Crippen molar-refractivity contribution in [1.82, 2.24) is 0 Å². The third kappa shape index (κ3) is 3.25. The number of fused-ring (bicyclic) bond motifs is 5. The number of carbonyl (C=O) groups excluding carboxylic acids is 1. The van der Waals surface area contributed by atoms with Crippen LogP contribution in [0.25, 0.3) is 0 Å². The van der Waals surface area contributed by atoms with Crippen molar-refractivity contribution in [3.05, 3.63) is 11.6 Å². The Morgan fingerprint density at radius 1 is 1.30 bits per heavy atom. The highest BCUT2D eigenvalue weighted by atomic mass is 16.6. The number of ether oxygens (including phenoxy) is 2. The van der Waals surface area contributed by atoms with Crippen LogP contribution >= 0.6 is 0 Å². The van der Waals surface area contributed by atoms with Crippen molar-refractivity contribution in [2.24, 2.45) is 22.1 Å². The van der Waals surface area contributed by atoms with Crippen molar-refractivity contribution in [3.8, 4) is 0 Å². The summed E-state index contributed by atoms with van der Waals surface area (Å²) in [5, 5.41) is 19.7. The van der Waals surface area contributed by atoms with Gasteiger partial charge in [0.1, 0.15) is 6.10 Å². The summed E-state index contributed by atoms with van der Waals surface area (Å²) >= 11 is 0. The molecule has 0 aromatic carbocycles. The lowest BCUT2D eigenvalue weighted by atomic mass is 9.70. The van der Waals surface area contributed by atoms with E-state index in [1.807, 2.05) is 6.92 Å². The Morgan fingerprint density at radius 2 is 2.11 bits per heavy atom. The monoisotopic (exact) mass is 376 g/mol. The normalized spacial score (nSPS) is 49.7. The first-order valence-electron chi connectivity index (χ1n) is 10.5. The molecule has 0 aromatic heterocycles. The lowest BCUT2D eigenvalue weighted by Gasteiger charge is -2.46. The van der Waals surface area contributed by atoms with E-state index in [1.54, 1.807) is 0 Å². The second-order valence-electron chi connectivity index (χ2n) is 9.26. The number of aliphatic hydroxyl groups is 1. The van der Waals surface area contributed by atoms with E-state index in [0.29, 0.717) is 25.8 Å². The van der Waals surface area contributed by atoms with Gasteiger partial charge in [0.25, 0.3) is 0 Å². The topological polar surface area (TPSA) is 80.5 Å².